The number of anilines is 1. The van der Waals surface area contributed by atoms with Gasteiger partial charge in [-0.05, 0) is 68.6 Å². The van der Waals surface area contributed by atoms with E-state index in [0.29, 0.717) is 0 Å². The van der Waals surface area contributed by atoms with E-state index in [2.05, 4.69) is 15.7 Å². The van der Waals surface area contributed by atoms with E-state index in [1.165, 1.54) is 0 Å². The van der Waals surface area contributed by atoms with Crippen molar-refractivity contribution in [2.75, 3.05) is 25.0 Å². The molecule has 0 bridgehead atoms. The second kappa shape index (κ2) is 7.45. The number of amides is 1. The quantitative estimate of drug-likeness (QED) is 0.879. The Labute approximate surface area is 153 Å². The maximum atomic E-state index is 13.1. The Morgan fingerprint density at radius 3 is 2.92 bits per heavy atom. The van der Waals surface area contributed by atoms with Crippen molar-refractivity contribution in [1.29, 1.82) is 0 Å². The summed E-state index contributed by atoms with van der Waals surface area (Å²) in [4.78, 5) is 13.1. The number of carbonyl (C=O) groups excluding carboxylic acids is 1. The first-order chi connectivity index (χ1) is 11.8. The molecule has 1 aromatic heterocycles. The first-order valence-corrected chi connectivity index (χ1v) is 8.56. The summed E-state index contributed by atoms with van der Waals surface area (Å²) >= 11 is 0. The van der Waals surface area contributed by atoms with Crippen LogP contribution in [0.15, 0.2) is 36.7 Å². The van der Waals surface area contributed by atoms with Gasteiger partial charge in [0, 0.05) is 18.1 Å². The zero-order chi connectivity index (χ0) is 16.4. The summed E-state index contributed by atoms with van der Waals surface area (Å²) in [6.45, 7) is 2.39. The summed E-state index contributed by atoms with van der Waals surface area (Å²) in [5.41, 5.74) is 1.37. The molecule has 1 aromatic carbocycles. The number of benzene rings is 1. The lowest BCUT2D eigenvalue weighted by atomic mass is 9.87. The highest BCUT2D eigenvalue weighted by Crippen LogP contribution is 2.31. The third-order valence-corrected chi connectivity index (χ3v) is 4.96. The van der Waals surface area contributed by atoms with Crippen molar-refractivity contribution in [3.05, 3.63) is 42.2 Å². The van der Waals surface area contributed by atoms with Gasteiger partial charge in [0.2, 0.25) is 0 Å². The number of nitrogens with zero attached hydrogens (tertiary/aromatic N) is 2. The topological polar surface area (TPSA) is 68.2 Å². The van der Waals surface area contributed by atoms with Crippen molar-refractivity contribution in [3.8, 4) is 5.75 Å². The molecule has 6 nitrogen and oxygen atoms in total. The highest BCUT2D eigenvalue weighted by atomic mass is 35.5. The number of rotatable bonds is 3. The summed E-state index contributed by atoms with van der Waals surface area (Å²) in [5.74, 6) is 0.937. The minimum Gasteiger partial charge on any atom is -0.493 e. The van der Waals surface area contributed by atoms with Gasteiger partial charge < -0.3 is 15.4 Å². The number of ether oxygens (including phenoxy) is 1. The summed E-state index contributed by atoms with van der Waals surface area (Å²) < 4.78 is 7.45. The molecular weight excluding hydrogens is 340 g/mol. The molecule has 2 N–H and O–H groups in total. The molecule has 0 spiro atoms. The zero-order valence-corrected chi connectivity index (χ0v) is 14.8. The van der Waals surface area contributed by atoms with Crippen molar-refractivity contribution in [1.82, 2.24) is 15.1 Å². The van der Waals surface area contributed by atoms with Crippen LogP contribution >= 0.6 is 12.4 Å². The highest BCUT2D eigenvalue weighted by molar-refractivity contribution is 5.97. The predicted molar refractivity (Wildman–Crippen MR) is 98.4 cm³/mol. The van der Waals surface area contributed by atoms with E-state index in [-0.39, 0.29) is 18.3 Å². The third kappa shape index (κ3) is 3.37. The average molecular weight is 363 g/mol. The average Bonchev–Trinajstić information content (AvgIpc) is 3.17. The van der Waals surface area contributed by atoms with E-state index in [0.717, 1.165) is 62.4 Å². The molecule has 0 radical (unpaired) electrons. The number of hydrogen-bond donors (Lipinski definition) is 2. The maximum absolute atomic E-state index is 13.1. The molecule has 3 heterocycles. The molecule has 2 aliphatic heterocycles. The largest absolute Gasteiger partial charge is 0.493 e. The van der Waals surface area contributed by atoms with Gasteiger partial charge in [0.05, 0.1) is 6.61 Å². The van der Waals surface area contributed by atoms with Gasteiger partial charge in [0.15, 0.2) is 0 Å². The molecule has 0 atom stereocenters. The van der Waals surface area contributed by atoms with Gasteiger partial charge in [-0.3, -0.25) is 9.48 Å². The van der Waals surface area contributed by atoms with Gasteiger partial charge in [0.1, 0.15) is 11.3 Å². The number of fused-ring (bicyclic) bond motifs is 1. The lowest BCUT2D eigenvalue weighted by Crippen LogP contribution is -2.52. The number of nitrogens with one attached hydrogen (secondary N) is 2. The van der Waals surface area contributed by atoms with E-state index in [1.54, 1.807) is 6.20 Å². The molecule has 2 aliphatic rings. The van der Waals surface area contributed by atoms with Crippen LogP contribution < -0.4 is 15.4 Å². The molecule has 1 saturated heterocycles. The molecular formula is C18H23ClN4O2. The number of aromatic nitrogens is 2. The fraction of sp³-hybridized carbons (Fsp3) is 0.444. The van der Waals surface area contributed by atoms with Gasteiger partial charge >= 0.3 is 0 Å². The Balaban J connectivity index is 0.00000182. The molecule has 134 valence electrons. The Morgan fingerprint density at radius 2 is 2.16 bits per heavy atom. The molecule has 1 amide bonds. The van der Waals surface area contributed by atoms with Crippen molar-refractivity contribution in [3.63, 3.8) is 0 Å². The highest BCUT2D eigenvalue weighted by Gasteiger charge is 2.42. The van der Waals surface area contributed by atoms with E-state index in [9.17, 15) is 4.79 Å². The third-order valence-electron chi connectivity index (χ3n) is 4.96. The molecule has 1 fully saturated rings. The predicted octanol–water partition coefficient (Wildman–Crippen LogP) is 2.35. The molecule has 25 heavy (non-hydrogen) atoms. The van der Waals surface area contributed by atoms with Crippen LogP contribution in [-0.2, 0) is 16.8 Å². The fourth-order valence-electron chi connectivity index (χ4n) is 3.61. The Morgan fingerprint density at radius 1 is 1.32 bits per heavy atom. The minimum absolute atomic E-state index is 0. The Bertz CT molecular complexity index is 727. The molecule has 7 heteroatoms. The second-order valence-corrected chi connectivity index (χ2v) is 6.46. The molecule has 0 saturated carbocycles. The second-order valence-electron chi connectivity index (χ2n) is 6.46. The fourth-order valence-corrected chi connectivity index (χ4v) is 3.61. The number of halogens is 1. The van der Waals surface area contributed by atoms with Crippen LogP contribution in [0.2, 0.25) is 0 Å². The van der Waals surface area contributed by atoms with Gasteiger partial charge in [-0.1, -0.05) is 0 Å². The lowest BCUT2D eigenvalue weighted by molar-refractivity contribution is -0.126. The molecule has 4 rings (SSSR count). The number of piperidine rings is 1. The van der Waals surface area contributed by atoms with E-state index in [1.807, 2.05) is 35.1 Å². The first kappa shape index (κ1) is 17.8. The number of aryl methyl sites for hydroxylation is 1. The smallest absolute Gasteiger partial charge is 0.252 e. The van der Waals surface area contributed by atoms with Crippen LogP contribution in [0, 0.1) is 0 Å². The first-order valence-electron chi connectivity index (χ1n) is 8.56. The Hall–Kier alpha value is -2.05. The van der Waals surface area contributed by atoms with Gasteiger partial charge in [-0.2, -0.15) is 5.10 Å². The normalized spacial score (nSPS) is 18.4. The van der Waals surface area contributed by atoms with Gasteiger partial charge in [0.25, 0.3) is 5.91 Å². The van der Waals surface area contributed by atoms with Crippen LogP contribution in [0.4, 0.5) is 5.69 Å². The van der Waals surface area contributed by atoms with E-state index < -0.39 is 5.54 Å². The van der Waals surface area contributed by atoms with Crippen molar-refractivity contribution in [2.45, 2.75) is 31.2 Å². The number of carbonyl (C=O) groups is 1. The van der Waals surface area contributed by atoms with Crippen LogP contribution in [0.5, 0.6) is 5.75 Å². The summed E-state index contributed by atoms with van der Waals surface area (Å²) in [7, 11) is 0. The summed E-state index contributed by atoms with van der Waals surface area (Å²) in [6, 6.07) is 7.77. The minimum atomic E-state index is -0.624. The van der Waals surface area contributed by atoms with Gasteiger partial charge in [-0.25, -0.2) is 0 Å². The molecule has 0 aliphatic carbocycles. The van der Waals surface area contributed by atoms with Crippen molar-refractivity contribution >= 4 is 24.0 Å². The SMILES string of the molecule is Cl.O=C(Nc1ccc2c(c1)CCCO2)C1(n2cccn2)CCNCC1. The molecule has 0 unspecified atom stereocenters. The standard InChI is InChI=1S/C18H22N4O2.ClH/c23-17(18(6-9-19-10-7-18)22-11-2-8-20-22)21-15-4-5-16-14(13-15)3-1-12-24-16;/h2,4-5,8,11,13,19H,1,3,6-7,9-10,12H2,(H,21,23);1H. The van der Waals surface area contributed by atoms with Gasteiger partial charge in [-0.15, -0.1) is 12.4 Å². The van der Waals surface area contributed by atoms with Crippen molar-refractivity contribution < 1.29 is 9.53 Å². The van der Waals surface area contributed by atoms with Crippen LogP contribution in [0.3, 0.4) is 0 Å². The van der Waals surface area contributed by atoms with Crippen LogP contribution in [0.25, 0.3) is 0 Å². The van der Waals surface area contributed by atoms with Crippen LogP contribution in [0.1, 0.15) is 24.8 Å². The zero-order valence-electron chi connectivity index (χ0n) is 14.0. The van der Waals surface area contributed by atoms with E-state index >= 15 is 0 Å². The number of hydrogen-bond acceptors (Lipinski definition) is 4. The summed E-state index contributed by atoms with van der Waals surface area (Å²) in [6.07, 6.45) is 7.09. The lowest BCUT2D eigenvalue weighted by Gasteiger charge is -2.36. The van der Waals surface area contributed by atoms with Crippen molar-refractivity contribution in [2.24, 2.45) is 0 Å². The van der Waals surface area contributed by atoms with Crippen LogP contribution in [-0.4, -0.2) is 35.4 Å². The maximum Gasteiger partial charge on any atom is 0.252 e. The monoisotopic (exact) mass is 362 g/mol. The molecule has 2 aromatic rings. The summed E-state index contributed by atoms with van der Waals surface area (Å²) in [5, 5.41) is 10.8. The Kier molecular flexibility index (Phi) is 5.30. The van der Waals surface area contributed by atoms with E-state index in [4.69, 9.17) is 4.74 Å².